The molecule has 0 radical (unpaired) electrons. The van der Waals surface area contributed by atoms with Gasteiger partial charge in [0, 0.05) is 5.54 Å². The molecule has 1 amide bonds. The van der Waals surface area contributed by atoms with Crippen molar-refractivity contribution >= 4 is 18.7 Å². The van der Waals surface area contributed by atoms with Crippen LogP contribution in [0.15, 0.2) is 54.6 Å². The minimum Gasteiger partial charge on any atom is -0.445 e. The number of hydrogen-bond donors (Lipinski definition) is 1. The van der Waals surface area contributed by atoms with Crippen molar-refractivity contribution in [3.63, 3.8) is 0 Å². The standard InChI is InChI=1S/C24H32BNO4/c1-22(2,26-21(27)28-17-19-10-8-7-9-11-19)16-18-12-14-20(15-13-18)25-29-23(3,4)24(5,6)30-25/h7-15H,16-17H2,1-6H3,(H,26,27). The highest BCUT2D eigenvalue weighted by atomic mass is 16.7. The lowest BCUT2D eigenvalue weighted by Gasteiger charge is -2.32. The quantitative estimate of drug-likeness (QED) is 0.726. The lowest BCUT2D eigenvalue weighted by molar-refractivity contribution is 0.00578. The van der Waals surface area contributed by atoms with Gasteiger partial charge >= 0.3 is 13.2 Å². The van der Waals surface area contributed by atoms with E-state index in [9.17, 15) is 4.79 Å². The van der Waals surface area contributed by atoms with Gasteiger partial charge in [0.15, 0.2) is 0 Å². The summed E-state index contributed by atoms with van der Waals surface area (Å²) in [6, 6.07) is 17.8. The Kier molecular flexibility index (Phi) is 6.30. The third kappa shape index (κ3) is 5.43. The van der Waals surface area contributed by atoms with Gasteiger partial charge < -0.3 is 19.4 Å². The molecular weight excluding hydrogens is 377 g/mol. The van der Waals surface area contributed by atoms with Gasteiger partial charge in [0.1, 0.15) is 6.61 Å². The van der Waals surface area contributed by atoms with Gasteiger partial charge in [-0.1, -0.05) is 54.6 Å². The van der Waals surface area contributed by atoms with Crippen LogP contribution in [0.2, 0.25) is 0 Å². The third-order valence-corrected chi connectivity index (χ3v) is 5.80. The molecule has 6 heteroatoms. The number of amides is 1. The van der Waals surface area contributed by atoms with Gasteiger partial charge in [-0.2, -0.15) is 0 Å². The van der Waals surface area contributed by atoms with Crippen LogP contribution in [0.5, 0.6) is 0 Å². The Balaban J connectivity index is 1.54. The number of alkyl carbamates (subject to hydrolysis) is 1. The molecule has 1 N–H and O–H groups in total. The molecule has 1 aliphatic rings. The average molecular weight is 409 g/mol. The minimum absolute atomic E-state index is 0.255. The first-order chi connectivity index (χ1) is 14.0. The molecule has 0 spiro atoms. The zero-order valence-electron chi connectivity index (χ0n) is 18.8. The molecule has 160 valence electrons. The molecule has 3 rings (SSSR count). The largest absolute Gasteiger partial charge is 0.494 e. The van der Waals surface area contributed by atoms with Crippen LogP contribution in [-0.2, 0) is 27.1 Å². The fourth-order valence-electron chi connectivity index (χ4n) is 3.36. The summed E-state index contributed by atoms with van der Waals surface area (Å²) in [5.74, 6) is 0. The van der Waals surface area contributed by atoms with E-state index in [0.29, 0.717) is 6.42 Å². The van der Waals surface area contributed by atoms with Crippen molar-refractivity contribution in [3.8, 4) is 0 Å². The van der Waals surface area contributed by atoms with E-state index < -0.39 is 11.6 Å². The predicted molar refractivity (Wildman–Crippen MR) is 120 cm³/mol. The van der Waals surface area contributed by atoms with Gasteiger partial charge in [0.25, 0.3) is 0 Å². The Morgan fingerprint density at radius 1 is 0.933 bits per heavy atom. The maximum atomic E-state index is 12.2. The maximum Gasteiger partial charge on any atom is 0.494 e. The van der Waals surface area contributed by atoms with E-state index in [-0.39, 0.29) is 24.9 Å². The summed E-state index contributed by atoms with van der Waals surface area (Å²) in [7, 11) is -0.372. The molecule has 0 saturated carbocycles. The SMILES string of the molecule is CC(C)(Cc1ccc(B2OC(C)(C)C(C)(C)O2)cc1)NC(=O)OCc1ccccc1. The molecule has 1 saturated heterocycles. The number of benzene rings is 2. The second-order valence-electron chi connectivity index (χ2n) is 9.58. The van der Waals surface area contributed by atoms with E-state index >= 15 is 0 Å². The van der Waals surface area contributed by atoms with Gasteiger partial charge in [-0.15, -0.1) is 0 Å². The van der Waals surface area contributed by atoms with Crippen LogP contribution in [0.1, 0.15) is 52.7 Å². The summed E-state index contributed by atoms with van der Waals surface area (Å²) in [5.41, 5.74) is 1.91. The van der Waals surface area contributed by atoms with Crippen molar-refractivity contribution in [1.29, 1.82) is 0 Å². The van der Waals surface area contributed by atoms with E-state index in [1.165, 1.54) is 0 Å². The molecule has 1 aliphatic heterocycles. The van der Waals surface area contributed by atoms with E-state index in [4.69, 9.17) is 14.0 Å². The normalized spacial score (nSPS) is 17.6. The Hall–Kier alpha value is -2.31. The predicted octanol–water partition coefficient (Wildman–Crippen LogP) is 4.23. The first-order valence-corrected chi connectivity index (χ1v) is 10.4. The van der Waals surface area contributed by atoms with Gasteiger partial charge in [-0.05, 0) is 64.6 Å². The molecule has 1 heterocycles. The van der Waals surface area contributed by atoms with Crippen molar-refractivity contribution in [1.82, 2.24) is 5.32 Å². The maximum absolute atomic E-state index is 12.2. The third-order valence-electron chi connectivity index (χ3n) is 5.80. The minimum atomic E-state index is -0.445. The lowest BCUT2D eigenvalue weighted by Crippen LogP contribution is -2.45. The highest BCUT2D eigenvalue weighted by Gasteiger charge is 2.51. The summed E-state index contributed by atoms with van der Waals surface area (Å²) in [6.07, 6.45) is 0.259. The first kappa shape index (κ1) is 22.4. The van der Waals surface area contributed by atoms with Crippen LogP contribution in [0.3, 0.4) is 0 Å². The van der Waals surface area contributed by atoms with Crippen LogP contribution in [0.25, 0.3) is 0 Å². The fraction of sp³-hybridized carbons (Fsp3) is 0.458. The van der Waals surface area contributed by atoms with Gasteiger partial charge in [-0.25, -0.2) is 4.79 Å². The molecule has 0 aromatic heterocycles. The van der Waals surface area contributed by atoms with Crippen molar-refractivity contribution in [3.05, 3.63) is 65.7 Å². The van der Waals surface area contributed by atoms with Crippen molar-refractivity contribution < 1.29 is 18.8 Å². The van der Waals surface area contributed by atoms with Crippen molar-refractivity contribution in [2.45, 2.75) is 71.3 Å². The van der Waals surface area contributed by atoms with E-state index in [1.54, 1.807) is 0 Å². The van der Waals surface area contributed by atoms with Crippen LogP contribution < -0.4 is 10.8 Å². The second-order valence-corrected chi connectivity index (χ2v) is 9.58. The molecule has 0 bridgehead atoms. The van der Waals surface area contributed by atoms with Crippen molar-refractivity contribution in [2.75, 3.05) is 0 Å². The van der Waals surface area contributed by atoms with Gasteiger partial charge in [-0.3, -0.25) is 0 Å². The molecule has 30 heavy (non-hydrogen) atoms. The molecule has 0 aliphatic carbocycles. The molecule has 0 unspecified atom stereocenters. The highest BCUT2D eigenvalue weighted by Crippen LogP contribution is 2.36. The zero-order chi connectivity index (χ0) is 22.0. The topological polar surface area (TPSA) is 56.8 Å². The summed E-state index contributed by atoms with van der Waals surface area (Å²) >= 11 is 0. The van der Waals surface area contributed by atoms with E-state index in [1.807, 2.05) is 84.0 Å². The Labute approximate surface area is 180 Å². The monoisotopic (exact) mass is 409 g/mol. The lowest BCUT2D eigenvalue weighted by atomic mass is 9.78. The van der Waals surface area contributed by atoms with Crippen LogP contribution in [0, 0.1) is 0 Å². The summed E-state index contributed by atoms with van der Waals surface area (Å²) < 4.78 is 17.6. The number of rotatable bonds is 6. The molecule has 2 aromatic rings. The van der Waals surface area contributed by atoms with E-state index in [0.717, 1.165) is 16.6 Å². The number of nitrogens with one attached hydrogen (secondary N) is 1. The Bertz CT molecular complexity index is 847. The second kappa shape index (κ2) is 8.44. The van der Waals surface area contributed by atoms with Crippen LogP contribution in [0.4, 0.5) is 4.79 Å². The smallest absolute Gasteiger partial charge is 0.445 e. The van der Waals surface area contributed by atoms with Crippen LogP contribution >= 0.6 is 0 Å². The average Bonchev–Trinajstić information content (AvgIpc) is 2.88. The Morgan fingerprint density at radius 2 is 1.50 bits per heavy atom. The zero-order valence-corrected chi connectivity index (χ0v) is 18.8. The summed E-state index contributed by atoms with van der Waals surface area (Å²) in [6.45, 7) is 12.4. The van der Waals surface area contributed by atoms with Gasteiger partial charge in [0.2, 0.25) is 0 Å². The molecule has 0 atom stereocenters. The summed E-state index contributed by atoms with van der Waals surface area (Å²) in [4.78, 5) is 12.2. The number of carbonyl (C=O) groups excluding carboxylic acids is 1. The summed E-state index contributed by atoms with van der Waals surface area (Å²) in [5, 5.41) is 2.96. The first-order valence-electron chi connectivity index (χ1n) is 10.4. The van der Waals surface area contributed by atoms with Gasteiger partial charge in [0.05, 0.1) is 11.2 Å². The molecular formula is C24H32BNO4. The Morgan fingerprint density at radius 3 is 2.07 bits per heavy atom. The molecule has 5 nitrogen and oxygen atoms in total. The number of carbonyl (C=O) groups is 1. The van der Waals surface area contributed by atoms with Crippen LogP contribution in [-0.4, -0.2) is 30.0 Å². The van der Waals surface area contributed by atoms with E-state index in [2.05, 4.69) is 17.4 Å². The molecule has 1 fully saturated rings. The fourth-order valence-corrected chi connectivity index (χ4v) is 3.36. The van der Waals surface area contributed by atoms with Crippen molar-refractivity contribution in [2.24, 2.45) is 0 Å². The number of ether oxygens (including phenoxy) is 1. The number of hydrogen-bond acceptors (Lipinski definition) is 4. The molecule has 2 aromatic carbocycles. The highest BCUT2D eigenvalue weighted by molar-refractivity contribution is 6.62.